The molecule has 2 atom stereocenters. The fourth-order valence-electron chi connectivity index (χ4n) is 4.48. The summed E-state index contributed by atoms with van der Waals surface area (Å²) in [5, 5.41) is 0. The van der Waals surface area contributed by atoms with Crippen LogP contribution < -0.4 is 0 Å². The summed E-state index contributed by atoms with van der Waals surface area (Å²) in [7, 11) is 0. The second kappa shape index (κ2) is 4.92. The molecule has 2 heterocycles. The molecular weight excluding hydrogens is 292 g/mol. The molecule has 4 heteroatoms. The Balaban J connectivity index is 1.72. The van der Waals surface area contributed by atoms with Crippen LogP contribution in [-0.2, 0) is 20.0 Å². The van der Waals surface area contributed by atoms with Gasteiger partial charge in [0.2, 0.25) is 0 Å². The maximum Gasteiger partial charge on any atom is 0.257 e. The summed E-state index contributed by atoms with van der Waals surface area (Å²) < 4.78 is 18.4. The Bertz CT molecular complexity index is 701. The number of benzene rings is 1. The Morgan fingerprint density at radius 2 is 1.87 bits per heavy atom. The van der Waals surface area contributed by atoms with E-state index in [0.717, 1.165) is 24.0 Å². The van der Waals surface area contributed by atoms with E-state index in [1.807, 2.05) is 24.3 Å². The molecule has 2 bridgehead atoms. The van der Waals surface area contributed by atoms with E-state index in [2.05, 4.69) is 0 Å². The molecule has 2 aliphatic carbocycles. The van der Waals surface area contributed by atoms with E-state index in [-0.39, 0.29) is 17.8 Å². The zero-order valence-electron chi connectivity index (χ0n) is 13.0. The minimum Gasteiger partial charge on any atom is -0.489 e. The summed E-state index contributed by atoms with van der Waals surface area (Å²) in [6.45, 7) is 0.993. The Labute approximate surface area is 135 Å². The highest BCUT2D eigenvalue weighted by molar-refractivity contribution is 6.12. The van der Waals surface area contributed by atoms with Crippen molar-refractivity contribution < 1.29 is 19.0 Å². The van der Waals surface area contributed by atoms with Crippen molar-refractivity contribution >= 4 is 5.78 Å². The summed E-state index contributed by atoms with van der Waals surface area (Å²) >= 11 is 0. The molecule has 2 aliphatic heterocycles. The number of ether oxygens (including phenoxy) is 3. The van der Waals surface area contributed by atoms with Gasteiger partial charge in [-0.3, -0.25) is 4.79 Å². The molecule has 0 unspecified atom stereocenters. The van der Waals surface area contributed by atoms with Crippen LogP contribution in [0.3, 0.4) is 0 Å². The van der Waals surface area contributed by atoms with Gasteiger partial charge < -0.3 is 14.2 Å². The molecular formula is C19H20O4. The van der Waals surface area contributed by atoms with E-state index in [4.69, 9.17) is 14.2 Å². The Morgan fingerprint density at radius 1 is 1.04 bits per heavy atom. The van der Waals surface area contributed by atoms with Crippen LogP contribution in [0.2, 0.25) is 0 Å². The van der Waals surface area contributed by atoms with Crippen molar-refractivity contribution in [1.29, 1.82) is 0 Å². The first kappa shape index (κ1) is 13.8. The van der Waals surface area contributed by atoms with E-state index in [1.54, 1.807) is 0 Å². The molecule has 5 rings (SSSR count). The number of carbonyl (C=O) groups excluding carboxylic acids is 1. The zero-order chi connectivity index (χ0) is 15.4. The van der Waals surface area contributed by atoms with Gasteiger partial charge in [0.15, 0.2) is 11.5 Å². The number of fused-ring (bicyclic) bond motifs is 2. The highest BCUT2D eigenvalue weighted by atomic mass is 16.8. The average molecular weight is 312 g/mol. The number of ketones is 1. The van der Waals surface area contributed by atoms with E-state index >= 15 is 0 Å². The topological polar surface area (TPSA) is 44.8 Å². The van der Waals surface area contributed by atoms with Crippen LogP contribution in [-0.4, -0.2) is 25.1 Å². The van der Waals surface area contributed by atoms with E-state index in [0.29, 0.717) is 24.5 Å². The summed E-state index contributed by atoms with van der Waals surface area (Å²) in [5.41, 5.74) is 2.33. The van der Waals surface area contributed by atoms with Gasteiger partial charge in [0.1, 0.15) is 12.7 Å². The van der Waals surface area contributed by atoms with Gasteiger partial charge in [-0.25, -0.2) is 0 Å². The van der Waals surface area contributed by atoms with Gasteiger partial charge in [-0.05, 0) is 18.8 Å². The first-order valence-electron chi connectivity index (χ1n) is 8.63. The standard InChI is InChI=1S/C19H20O4/c20-17-14-8-4-5-9-15(14)19-18(21-10-13(23-19)11-22-19)16(17)12-6-2-1-3-7-12/h4-5,8-9,12-13H,1-3,6-7,10-11H2/t13-,19+/m1/s1. The maximum atomic E-state index is 13.2. The van der Waals surface area contributed by atoms with E-state index < -0.39 is 5.79 Å². The lowest BCUT2D eigenvalue weighted by Crippen LogP contribution is -2.44. The number of carbonyl (C=O) groups is 1. The van der Waals surface area contributed by atoms with Crippen molar-refractivity contribution in [3.63, 3.8) is 0 Å². The van der Waals surface area contributed by atoms with Crippen molar-refractivity contribution in [1.82, 2.24) is 0 Å². The third-order valence-electron chi connectivity index (χ3n) is 5.55. The first-order chi connectivity index (χ1) is 11.3. The van der Waals surface area contributed by atoms with Crippen LogP contribution in [0.1, 0.15) is 48.0 Å². The van der Waals surface area contributed by atoms with Crippen molar-refractivity contribution in [3.05, 3.63) is 46.7 Å². The number of allylic oxidation sites excluding steroid dienone is 1. The van der Waals surface area contributed by atoms with Crippen molar-refractivity contribution in [2.24, 2.45) is 5.92 Å². The zero-order valence-corrected chi connectivity index (χ0v) is 13.0. The molecule has 1 spiro atoms. The van der Waals surface area contributed by atoms with Gasteiger partial charge >= 0.3 is 0 Å². The predicted molar refractivity (Wildman–Crippen MR) is 82.8 cm³/mol. The molecule has 120 valence electrons. The quantitative estimate of drug-likeness (QED) is 0.798. The Kier molecular flexibility index (Phi) is 2.94. The minimum atomic E-state index is -0.986. The van der Waals surface area contributed by atoms with E-state index in [1.165, 1.54) is 19.3 Å². The molecule has 0 amide bonds. The summed E-state index contributed by atoms with van der Waals surface area (Å²) in [6.07, 6.45) is 5.66. The molecule has 1 aromatic carbocycles. The second-order valence-corrected chi connectivity index (χ2v) is 6.93. The molecule has 4 aliphatic rings. The molecule has 1 aromatic rings. The lowest BCUT2D eigenvalue weighted by atomic mass is 9.74. The Morgan fingerprint density at radius 3 is 2.74 bits per heavy atom. The maximum absolute atomic E-state index is 13.2. The van der Waals surface area contributed by atoms with Gasteiger partial charge in [0.05, 0.1) is 6.61 Å². The van der Waals surface area contributed by atoms with Crippen LogP contribution in [0.4, 0.5) is 0 Å². The van der Waals surface area contributed by atoms with Gasteiger partial charge in [0.25, 0.3) is 5.79 Å². The van der Waals surface area contributed by atoms with Gasteiger partial charge in [0, 0.05) is 16.7 Å². The molecule has 3 fully saturated rings. The molecule has 0 aromatic heterocycles. The highest BCUT2D eigenvalue weighted by Crippen LogP contribution is 2.52. The lowest BCUT2D eigenvalue weighted by molar-refractivity contribution is -0.208. The number of hydrogen-bond donors (Lipinski definition) is 0. The summed E-state index contributed by atoms with van der Waals surface area (Å²) in [4.78, 5) is 13.2. The third kappa shape index (κ3) is 1.82. The predicted octanol–water partition coefficient (Wildman–Crippen LogP) is 3.32. The lowest BCUT2D eigenvalue weighted by Gasteiger charge is -2.41. The summed E-state index contributed by atoms with van der Waals surface area (Å²) in [5.74, 6) is 0.0218. The second-order valence-electron chi connectivity index (χ2n) is 6.93. The third-order valence-corrected chi connectivity index (χ3v) is 5.55. The molecule has 0 radical (unpaired) electrons. The highest BCUT2D eigenvalue weighted by Gasteiger charge is 2.57. The number of Topliss-reactive ketones (excluding diaryl/α,β-unsaturated/α-hetero) is 1. The monoisotopic (exact) mass is 312 g/mol. The van der Waals surface area contributed by atoms with Crippen LogP contribution in [0, 0.1) is 5.92 Å². The SMILES string of the molecule is O=C1C(C2CCCCC2)=C2OC[C@@H]3CO[C@]2(O3)c2ccccc21. The first-order valence-corrected chi connectivity index (χ1v) is 8.63. The van der Waals surface area contributed by atoms with Crippen molar-refractivity contribution in [3.8, 4) is 0 Å². The molecule has 23 heavy (non-hydrogen) atoms. The van der Waals surface area contributed by atoms with Gasteiger partial charge in [-0.2, -0.15) is 0 Å². The largest absolute Gasteiger partial charge is 0.489 e. The van der Waals surface area contributed by atoms with Gasteiger partial charge in [-0.15, -0.1) is 0 Å². The fourth-order valence-corrected chi connectivity index (χ4v) is 4.48. The van der Waals surface area contributed by atoms with Crippen molar-refractivity contribution in [2.45, 2.75) is 44.0 Å². The number of hydrogen-bond acceptors (Lipinski definition) is 4. The molecule has 2 saturated heterocycles. The van der Waals surface area contributed by atoms with Crippen molar-refractivity contribution in [2.75, 3.05) is 13.2 Å². The van der Waals surface area contributed by atoms with Crippen LogP contribution in [0.5, 0.6) is 0 Å². The smallest absolute Gasteiger partial charge is 0.257 e. The average Bonchev–Trinajstić information content (AvgIpc) is 2.95. The molecule has 1 saturated carbocycles. The minimum absolute atomic E-state index is 0.0485. The summed E-state index contributed by atoms with van der Waals surface area (Å²) in [6, 6.07) is 7.66. The Hall–Kier alpha value is -1.65. The van der Waals surface area contributed by atoms with Crippen LogP contribution >= 0.6 is 0 Å². The van der Waals surface area contributed by atoms with Crippen LogP contribution in [0.25, 0.3) is 0 Å². The van der Waals surface area contributed by atoms with Crippen LogP contribution in [0.15, 0.2) is 35.6 Å². The van der Waals surface area contributed by atoms with E-state index in [9.17, 15) is 4.79 Å². The molecule has 0 N–H and O–H groups in total. The molecule has 4 nitrogen and oxygen atoms in total. The number of rotatable bonds is 1. The normalized spacial score (nSPS) is 33.2. The fraction of sp³-hybridized carbons (Fsp3) is 0.526. The van der Waals surface area contributed by atoms with Gasteiger partial charge in [-0.1, -0.05) is 43.5 Å².